The van der Waals surface area contributed by atoms with Crippen LogP contribution < -0.4 is 14.4 Å². The van der Waals surface area contributed by atoms with Gasteiger partial charge in [0.25, 0.3) is 0 Å². The summed E-state index contributed by atoms with van der Waals surface area (Å²) in [7, 11) is 0. The van der Waals surface area contributed by atoms with Crippen LogP contribution in [0.25, 0.3) is 12.2 Å². The van der Waals surface area contributed by atoms with Gasteiger partial charge in [0.1, 0.15) is 11.5 Å². The number of carbonyl (C=O) groups is 2. The molecular formula is C33H37NO6. The number of hydrogen-bond donors (Lipinski definition) is 2. The number of hydrogen-bond acceptors (Lipinski definition) is 5. The van der Waals surface area contributed by atoms with Crippen LogP contribution >= 0.6 is 0 Å². The number of anilines is 1. The molecule has 1 aliphatic heterocycles. The first kappa shape index (κ1) is 28.7. The highest BCUT2D eigenvalue weighted by molar-refractivity contribution is 5.81. The number of rotatable bonds is 16. The molecule has 3 aromatic carbocycles. The molecule has 1 atom stereocenters. The second-order valence-electron chi connectivity index (χ2n) is 9.98. The maximum Gasteiger partial charge on any atom is 0.305 e. The first-order chi connectivity index (χ1) is 19.5. The Morgan fingerprint density at radius 2 is 1.45 bits per heavy atom. The number of para-hydroxylation sites is 2. The lowest BCUT2D eigenvalue weighted by Gasteiger charge is -2.20. The van der Waals surface area contributed by atoms with Gasteiger partial charge in [-0.2, -0.15) is 0 Å². The van der Waals surface area contributed by atoms with E-state index in [0.29, 0.717) is 32.7 Å². The summed E-state index contributed by atoms with van der Waals surface area (Å²) >= 11 is 0. The van der Waals surface area contributed by atoms with E-state index in [1.165, 1.54) is 0 Å². The maximum absolute atomic E-state index is 11.3. The van der Waals surface area contributed by atoms with Gasteiger partial charge in [0, 0.05) is 31.1 Å². The lowest BCUT2D eigenvalue weighted by atomic mass is 9.94. The molecule has 210 valence electrons. The molecule has 1 heterocycles. The smallest absolute Gasteiger partial charge is 0.305 e. The Balaban J connectivity index is 1.32. The average molecular weight is 544 g/mol. The highest BCUT2D eigenvalue weighted by Crippen LogP contribution is 2.42. The third-order valence-electron chi connectivity index (χ3n) is 6.99. The van der Waals surface area contributed by atoms with Crippen molar-refractivity contribution in [1.29, 1.82) is 0 Å². The van der Waals surface area contributed by atoms with Gasteiger partial charge in [-0.05, 0) is 66.6 Å². The Labute approximate surface area is 235 Å². The fourth-order valence-electron chi connectivity index (χ4n) is 5.01. The van der Waals surface area contributed by atoms with Crippen molar-refractivity contribution >= 4 is 29.8 Å². The van der Waals surface area contributed by atoms with Gasteiger partial charge in [-0.15, -0.1) is 0 Å². The fourth-order valence-corrected chi connectivity index (χ4v) is 5.01. The molecule has 0 radical (unpaired) electrons. The lowest BCUT2D eigenvalue weighted by Crippen LogP contribution is -2.25. The van der Waals surface area contributed by atoms with Crippen molar-refractivity contribution < 1.29 is 29.3 Å². The normalized spacial score (nSPS) is 14.3. The van der Waals surface area contributed by atoms with E-state index < -0.39 is 11.9 Å². The zero-order valence-electron chi connectivity index (χ0n) is 22.7. The van der Waals surface area contributed by atoms with Gasteiger partial charge >= 0.3 is 11.9 Å². The number of fused-ring (bicyclic) bond motifs is 1. The lowest BCUT2D eigenvalue weighted by molar-refractivity contribution is -0.138. The summed E-state index contributed by atoms with van der Waals surface area (Å²) in [5, 5.41) is 18.3. The molecular weight excluding hydrogens is 506 g/mol. The molecule has 1 unspecified atom stereocenters. The van der Waals surface area contributed by atoms with Crippen molar-refractivity contribution in [2.75, 3.05) is 31.2 Å². The highest BCUT2D eigenvalue weighted by Gasteiger charge is 2.30. The van der Waals surface area contributed by atoms with Crippen molar-refractivity contribution in [2.45, 2.75) is 44.4 Å². The minimum atomic E-state index is -0.827. The average Bonchev–Trinajstić information content (AvgIpc) is 3.31. The standard InChI is InChI=1S/C33H37NO6/c35-31(36)13-7-9-27-24-34(21-20-32(37)38)33-26(8-6-12-30(27)33)17-14-25-15-18-29(19-16-25)40-23-5-4-22-39-28-10-2-1-3-11-28/h1-3,6,8,10-12,14-19,27H,4-5,7,9,13,20-24H2,(H,35,36)(H,37,38)/b17-14+. The minimum Gasteiger partial charge on any atom is -0.494 e. The van der Waals surface area contributed by atoms with Crippen LogP contribution in [0.2, 0.25) is 0 Å². The topological polar surface area (TPSA) is 96.3 Å². The van der Waals surface area contributed by atoms with E-state index in [1.807, 2.05) is 72.8 Å². The van der Waals surface area contributed by atoms with Crippen molar-refractivity contribution in [2.24, 2.45) is 0 Å². The number of unbranched alkanes of at least 4 members (excludes halogenated alkanes) is 1. The van der Waals surface area contributed by atoms with Crippen molar-refractivity contribution in [3.63, 3.8) is 0 Å². The molecule has 0 saturated carbocycles. The summed E-state index contributed by atoms with van der Waals surface area (Å²) in [5.74, 6) is 0.286. The molecule has 40 heavy (non-hydrogen) atoms. The predicted octanol–water partition coefficient (Wildman–Crippen LogP) is 6.73. The molecule has 0 spiro atoms. The van der Waals surface area contributed by atoms with Crippen LogP contribution in [-0.2, 0) is 9.59 Å². The van der Waals surface area contributed by atoms with E-state index in [2.05, 4.69) is 17.0 Å². The molecule has 0 bridgehead atoms. The summed E-state index contributed by atoms with van der Waals surface area (Å²) in [6.45, 7) is 2.42. The number of ether oxygens (including phenoxy) is 2. The second kappa shape index (κ2) is 14.8. The molecule has 0 aromatic heterocycles. The van der Waals surface area contributed by atoms with Crippen LogP contribution in [0, 0.1) is 0 Å². The number of carboxylic acids is 2. The Kier molecular flexibility index (Phi) is 10.6. The third kappa shape index (κ3) is 8.63. The quantitative estimate of drug-likeness (QED) is 0.153. The van der Waals surface area contributed by atoms with E-state index >= 15 is 0 Å². The molecule has 0 saturated heterocycles. The summed E-state index contributed by atoms with van der Waals surface area (Å²) in [5.41, 5.74) is 4.28. The molecule has 1 aliphatic rings. The Morgan fingerprint density at radius 3 is 2.12 bits per heavy atom. The Hall–Kier alpha value is -4.26. The molecule has 7 heteroatoms. The Morgan fingerprint density at radius 1 is 0.775 bits per heavy atom. The van der Waals surface area contributed by atoms with Crippen LogP contribution in [-0.4, -0.2) is 48.5 Å². The molecule has 0 fully saturated rings. The van der Waals surface area contributed by atoms with Crippen molar-refractivity contribution in [1.82, 2.24) is 0 Å². The van der Waals surface area contributed by atoms with Gasteiger partial charge in [0.2, 0.25) is 0 Å². The molecule has 2 N–H and O–H groups in total. The SMILES string of the molecule is O=C(O)CCCC1CN(CCC(=O)O)c2c(/C=C/c3ccc(OCCCCOc4ccccc4)cc3)cccc21. The third-order valence-corrected chi connectivity index (χ3v) is 6.99. The van der Waals surface area contributed by atoms with Crippen LogP contribution in [0.5, 0.6) is 11.5 Å². The van der Waals surface area contributed by atoms with Gasteiger partial charge in [-0.3, -0.25) is 9.59 Å². The minimum absolute atomic E-state index is 0.0564. The first-order valence-corrected chi connectivity index (χ1v) is 13.9. The van der Waals surface area contributed by atoms with Gasteiger partial charge in [0.05, 0.1) is 19.6 Å². The summed E-state index contributed by atoms with van der Waals surface area (Å²) in [6, 6.07) is 23.9. The van der Waals surface area contributed by atoms with Gasteiger partial charge in [0.15, 0.2) is 0 Å². The van der Waals surface area contributed by atoms with Crippen LogP contribution in [0.15, 0.2) is 72.8 Å². The fraction of sp³-hybridized carbons (Fsp3) is 0.333. The molecule has 0 amide bonds. The second-order valence-corrected chi connectivity index (χ2v) is 9.98. The molecule has 3 aromatic rings. The van der Waals surface area contributed by atoms with Crippen molar-refractivity contribution in [3.05, 3.63) is 89.5 Å². The number of carboxylic acid groups (broad SMARTS) is 2. The number of aliphatic carboxylic acids is 2. The zero-order chi connectivity index (χ0) is 28.2. The van der Waals surface area contributed by atoms with E-state index in [9.17, 15) is 14.7 Å². The van der Waals surface area contributed by atoms with E-state index in [0.717, 1.165) is 53.1 Å². The zero-order valence-corrected chi connectivity index (χ0v) is 22.7. The van der Waals surface area contributed by atoms with Crippen LogP contribution in [0.3, 0.4) is 0 Å². The first-order valence-electron chi connectivity index (χ1n) is 13.9. The maximum atomic E-state index is 11.3. The summed E-state index contributed by atoms with van der Waals surface area (Å²) < 4.78 is 11.6. The van der Waals surface area contributed by atoms with E-state index in [1.54, 1.807) is 0 Å². The largest absolute Gasteiger partial charge is 0.494 e. The highest BCUT2D eigenvalue weighted by atomic mass is 16.5. The van der Waals surface area contributed by atoms with E-state index in [4.69, 9.17) is 14.6 Å². The van der Waals surface area contributed by atoms with Gasteiger partial charge in [-0.1, -0.05) is 60.7 Å². The summed E-state index contributed by atoms with van der Waals surface area (Å²) in [4.78, 5) is 24.4. The van der Waals surface area contributed by atoms with Gasteiger partial charge in [-0.25, -0.2) is 0 Å². The van der Waals surface area contributed by atoms with E-state index in [-0.39, 0.29) is 18.8 Å². The predicted molar refractivity (Wildman–Crippen MR) is 157 cm³/mol. The molecule has 7 nitrogen and oxygen atoms in total. The number of nitrogens with zero attached hydrogens (tertiary/aromatic N) is 1. The van der Waals surface area contributed by atoms with Crippen molar-refractivity contribution in [3.8, 4) is 11.5 Å². The van der Waals surface area contributed by atoms with Crippen LogP contribution in [0.1, 0.15) is 61.1 Å². The monoisotopic (exact) mass is 543 g/mol. The number of benzene rings is 3. The summed E-state index contributed by atoms with van der Waals surface area (Å²) in [6.07, 6.45) is 7.50. The molecule has 4 rings (SSSR count). The molecule has 0 aliphatic carbocycles. The van der Waals surface area contributed by atoms with Crippen LogP contribution in [0.4, 0.5) is 5.69 Å². The Bertz CT molecular complexity index is 1270. The van der Waals surface area contributed by atoms with Gasteiger partial charge < -0.3 is 24.6 Å².